The highest BCUT2D eigenvalue weighted by atomic mass is 35.5. The van der Waals surface area contributed by atoms with Crippen molar-refractivity contribution in [3.63, 3.8) is 0 Å². The molecule has 15 heavy (non-hydrogen) atoms. The Hall–Kier alpha value is -1.28. The summed E-state index contributed by atoms with van der Waals surface area (Å²) in [5.41, 5.74) is 3.65. The molecule has 0 atom stereocenters. The smallest absolute Gasteiger partial charge is 0.328 e. The molecule has 0 aliphatic heterocycles. The van der Waals surface area contributed by atoms with Crippen molar-refractivity contribution < 1.29 is 9.90 Å². The van der Waals surface area contributed by atoms with Crippen molar-refractivity contribution >= 4 is 23.1 Å². The predicted molar refractivity (Wildman–Crippen MR) is 62.2 cm³/mol. The maximum atomic E-state index is 10.5. The van der Waals surface area contributed by atoms with Crippen molar-refractivity contribution in [1.82, 2.24) is 0 Å². The maximum absolute atomic E-state index is 10.5. The van der Waals surface area contributed by atoms with E-state index in [1.54, 1.807) is 6.92 Å². The van der Waals surface area contributed by atoms with Crippen molar-refractivity contribution in [3.05, 3.63) is 39.9 Å². The Balaban J connectivity index is 3.26. The molecule has 0 bridgehead atoms. The molecular formula is C12H13ClO2. The standard InChI is InChI=1S/C12H13ClO2/c1-7-4-10(9(3)6-12(14)15)11(13)5-8(7)2/h4-6H,1-3H3,(H,14,15)/b9-6+. The molecule has 2 nitrogen and oxygen atoms in total. The number of hydrogen-bond acceptors (Lipinski definition) is 1. The molecular weight excluding hydrogens is 212 g/mol. The van der Waals surface area contributed by atoms with Gasteiger partial charge in [-0.25, -0.2) is 4.79 Å². The Kier molecular flexibility index (Phi) is 3.53. The molecule has 1 aromatic rings. The summed E-state index contributed by atoms with van der Waals surface area (Å²) in [5.74, 6) is -0.957. The summed E-state index contributed by atoms with van der Waals surface area (Å²) >= 11 is 6.05. The predicted octanol–water partition coefficient (Wildman–Crippen LogP) is 3.44. The first-order valence-electron chi connectivity index (χ1n) is 4.60. The zero-order chi connectivity index (χ0) is 11.6. The second kappa shape index (κ2) is 4.49. The molecule has 0 amide bonds. The molecule has 0 aliphatic carbocycles. The fourth-order valence-corrected chi connectivity index (χ4v) is 1.71. The van der Waals surface area contributed by atoms with Gasteiger partial charge in [0.05, 0.1) is 0 Å². The molecule has 0 heterocycles. The highest BCUT2D eigenvalue weighted by molar-refractivity contribution is 6.32. The quantitative estimate of drug-likeness (QED) is 0.782. The number of aryl methyl sites for hydroxylation is 2. The van der Waals surface area contributed by atoms with Gasteiger partial charge in [0.25, 0.3) is 0 Å². The third-order valence-electron chi connectivity index (χ3n) is 2.35. The Morgan fingerprint density at radius 3 is 2.40 bits per heavy atom. The van der Waals surface area contributed by atoms with Gasteiger partial charge in [0, 0.05) is 11.1 Å². The van der Waals surface area contributed by atoms with E-state index < -0.39 is 5.97 Å². The molecule has 0 fully saturated rings. The minimum atomic E-state index is -0.957. The van der Waals surface area contributed by atoms with Crippen molar-refractivity contribution in [2.24, 2.45) is 0 Å². The molecule has 0 aromatic heterocycles. The van der Waals surface area contributed by atoms with Crippen LogP contribution in [0.4, 0.5) is 0 Å². The third-order valence-corrected chi connectivity index (χ3v) is 2.66. The number of carbonyl (C=O) groups is 1. The average Bonchev–Trinajstić information content (AvgIpc) is 2.09. The summed E-state index contributed by atoms with van der Waals surface area (Å²) in [5, 5.41) is 9.23. The number of allylic oxidation sites excluding steroid dienone is 1. The SMILES string of the molecule is C/C(=C\C(=O)O)c1cc(C)c(C)cc1Cl. The lowest BCUT2D eigenvalue weighted by atomic mass is 10.0. The van der Waals surface area contributed by atoms with Crippen molar-refractivity contribution in [2.75, 3.05) is 0 Å². The van der Waals surface area contributed by atoms with Gasteiger partial charge in [-0.05, 0) is 49.1 Å². The molecule has 0 saturated carbocycles. The van der Waals surface area contributed by atoms with Gasteiger partial charge in [0.15, 0.2) is 0 Å². The van der Waals surface area contributed by atoms with Crippen LogP contribution < -0.4 is 0 Å². The van der Waals surface area contributed by atoms with Crippen LogP contribution in [0.3, 0.4) is 0 Å². The van der Waals surface area contributed by atoms with Gasteiger partial charge >= 0.3 is 5.97 Å². The van der Waals surface area contributed by atoms with E-state index >= 15 is 0 Å². The van der Waals surface area contributed by atoms with Gasteiger partial charge in [-0.2, -0.15) is 0 Å². The van der Waals surface area contributed by atoms with Crippen LogP contribution in [0.15, 0.2) is 18.2 Å². The summed E-state index contributed by atoms with van der Waals surface area (Å²) in [7, 11) is 0. The van der Waals surface area contributed by atoms with Crippen molar-refractivity contribution in [2.45, 2.75) is 20.8 Å². The number of rotatable bonds is 2. The Labute approximate surface area is 94.2 Å². The zero-order valence-corrected chi connectivity index (χ0v) is 9.72. The Bertz CT molecular complexity index is 433. The normalized spacial score (nSPS) is 11.6. The summed E-state index contributed by atoms with van der Waals surface area (Å²) in [6.45, 7) is 5.69. The summed E-state index contributed by atoms with van der Waals surface area (Å²) in [6, 6.07) is 3.76. The fraction of sp³-hybridized carbons (Fsp3) is 0.250. The van der Waals surface area contributed by atoms with Crippen LogP contribution in [0.2, 0.25) is 5.02 Å². The molecule has 0 aliphatic rings. The van der Waals surface area contributed by atoms with E-state index in [4.69, 9.17) is 16.7 Å². The van der Waals surface area contributed by atoms with Gasteiger partial charge in [-0.1, -0.05) is 17.7 Å². The molecule has 80 valence electrons. The maximum Gasteiger partial charge on any atom is 0.328 e. The zero-order valence-electron chi connectivity index (χ0n) is 8.97. The lowest BCUT2D eigenvalue weighted by molar-refractivity contribution is -0.131. The van der Waals surface area contributed by atoms with Gasteiger partial charge in [-0.3, -0.25) is 0 Å². The van der Waals surface area contributed by atoms with Crippen LogP contribution in [0, 0.1) is 13.8 Å². The van der Waals surface area contributed by atoms with E-state index in [2.05, 4.69) is 0 Å². The lowest BCUT2D eigenvalue weighted by Crippen LogP contribution is -1.92. The van der Waals surface area contributed by atoms with Crippen LogP contribution in [-0.2, 0) is 4.79 Å². The van der Waals surface area contributed by atoms with E-state index in [-0.39, 0.29) is 0 Å². The van der Waals surface area contributed by atoms with E-state index in [1.165, 1.54) is 0 Å². The molecule has 3 heteroatoms. The Morgan fingerprint density at radius 1 is 1.33 bits per heavy atom. The molecule has 0 spiro atoms. The summed E-state index contributed by atoms with van der Waals surface area (Å²) < 4.78 is 0. The van der Waals surface area contributed by atoms with Gasteiger partial charge in [-0.15, -0.1) is 0 Å². The third kappa shape index (κ3) is 2.83. The topological polar surface area (TPSA) is 37.3 Å². The largest absolute Gasteiger partial charge is 0.478 e. The highest BCUT2D eigenvalue weighted by Crippen LogP contribution is 2.26. The fourth-order valence-electron chi connectivity index (χ4n) is 1.35. The van der Waals surface area contributed by atoms with Crippen molar-refractivity contribution in [1.29, 1.82) is 0 Å². The van der Waals surface area contributed by atoms with Crippen molar-refractivity contribution in [3.8, 4) is 0 Å². The number of carboxylic acid groups (broad SMARTS) is 1. The van der Waals surface area contributed by atoms with Crippen LogP contribution in [0.1, 0.15) is 23.6 Å². The minimum Gasteiger partial charge on any atom is -0.478 e. The first-order chi connectivity index (χ1) is 6.91. The molecule has 0 saturated heterocycles. The van der Waals surface area contributed by atoms with Crippen LogP contribution in [-0.4, -0.2) is 11.1 Å². The Morgan fingerprint density at radius 2 is 1.87 bits per heavy atom. The summed E-state index contributed by atoms with van der Waals surface area (Å²) in [4.78, 5) is 10.5. The van der Waals surface area contributed by atoms with E-state index in [0.717, 1.165) is 22.8 Å². The van der Waals surface area contributed by atoms with Crippen LogP contribution in [0.5, 0.6) is 0 Å². The summed E-state index contributed by atoms with van der Waals surface area (Å²) in [6.07, 6.45) is 1.16. The molecule has 1 N–H and O–H groups in total. The molecule has 0 unspecified atom stereocenters. The van der Waals surface area contributed by atoms with Crippen LogP contribution in [0.25, 0.3) is 5.57 Å². The first-order valence-corrected chi connectivity index (χ1v) is 4.98. The molecule has 1 rings (SSSR count). The van der Waals surface area contributed by atoms with Gasteiger partial charge in [0.2, 0.25) is 0 Å². The van der Waals surface area contributed by atoms with E-state index in [1.807, 2.05) is 26.0 Å². The molecule has 1 aromatic carbocycles. The number of hydrogen-bond donors (Lipinski definition) is 1. The second-order valence-corrected chi connectivity index (χ2v) is 3.99. The average molecular weight is 225 g/mol. The monoisotopic (exact) mass is 224 g/mol. The number of carboxylic acids is 1. The minimum absolute atomic E-state index is 0.591. The second-order valence-electron chi connectivity index (χ2n) is 3.58. The number of aliphatic carboxylic acids is 1. The van der Waals surface area contributed by atoms with Gasteiger partial charge in [0.1, 0.15) is 0 Å². The number of benzene rings is 1. The number of halogens is 1. The lowest BCUT2D eigenvalue weighted by Gasteiger charge is -2.08. The van der Waals surface area contributed by atoms with E-state index in [9.17, 15) is 4.79 Å². The van der Waals surface area contributed by atoms with Gasteiger partial charge < -0.3 is 5.11 Å². The van der Waals surface area contributed by atoms with Crippen LogP contribution >= 0.6 is 11.6 Å². The van der Waals surface area contributed by atoms with E-state index in [0.29, 0.717) is 10.6 Å². The molecule has 0 radical (unpaired) electrons. The highest BCUT2D eigenvalue weighted by Gasteiger charge is 2.06. The first kappa shape index (κ1) is 11.8.